The summed E-state index contributed by atoms with van der Waals surface area (Å²) in [5.41, 5.74) is 0.883. The van der Waals surface area contributed by atoms with Gasteiger partial charge in [0, 0.05) is 18.3 Å². The maximum atomic E-state index is 11.8. The molecule has 2 N–H and O–H groups in total. The average molecular weight is 367 g/mol. The van der Waals surface area contributed by atoms with Crippen LogP contribution in [0.2, 0.25) is 0 Å². The van der Waals surface area contributed by atoms with Crippen LogP contribution in [0, 0.1) is 5.92 Å². The van der Waals surface area contributed by atoms with Gasteiger partial charge in [-0.05, 0) is 24.5 Å². The van der Waals surface area contributed by atoms with E-state index in [4.69, 9.17) is 4.74 Å². The van der Waals surface area contributed by atoms with Crippen LogP contribution in [0.1, 0.15) is 20.3 Å². The third-order valence-corrected chi connectivity index (χ3v) is 5.07. The Hall–Kier alpha value is -1.80. The summed E-state index contributed by atoms with van der Waals surface area (Å²) in [6, 6.07) is 7.60. The second kappa shape index (κ2) is 9.48. The highest BCUT2D eigenvalue weighted by Crippen LogP contribution is 2.28. The van der Waals surface area contributed by atoms with E-state index in [1.54, 1.807) is 7.11 Å². The van der Waals surface area contributed by atoms with Crippen LogP contribution in [-0.4, -0.2) is 35.5 Å². The van der Waals surface area contributed by atoms with E-state index in [0.29, 0.717) is 16.8 Å². The molecule has 1 amide bonds. The summed E-state index contributed by atoms with van der Waals surface area (Å²) in [4.78, 5) is 11.8. The van der Waals surface area contributed by atoms with Gasteiger partial charge >= 0.3 is 0 Å². The number of aromatic nitrogens is 2. The van der Waals surface area contributed by atoms with Gasteiger partial charge in [0.15, 0.2) is 4.34 Å². The van der Waals surface area contributed by atoms with Crippen molar-refractivity contribution in [2.24, 2.45) is 5.92 Å². The molecule has 2 rings (SSSR count). The number of anilines is 2. The van der Waals surface area contributed by atoms with Crippen LogP contribution in [-0.2, 0) is 4.79 Å². The fraction of sp³-hybridized carbons (Fsp3) is 0.438. The van der Waals surface area contributed by atoms with Gasteiger partial charge in [-0.15, -0.1) is 10.2 Å². The minimum absolute atomic E-state index is 0.0261. The zero-order chi connectivity index (χ0) is 17.4. The molecule has 130 valence electrons. The first-order valence-corrected chi connectivity index (χ1v) is 9.51. The lowest BCUT2D eigenvalue weighted by atomic mass is 10.1. The number of nitrogens with zero attached hydrogens (tertiary/aromatic N) is 2. The maximum Gasteiger partial charge on any atom is 0.230 e. The van der Waals surface area contributed by atoms with Crippen molar-refractivity contribution < 1.29 is 9.53 Å². The Labute approximate surface area is 150 Å². The number of methoxy groups -OCH3 is 1. The van der Waals surface area contributed by atoms with E-state index in [1.165, 1.54) is 23.1 Å². The molecule has 0 aliphatic heterocycles. The molecule has 0 spiro atoms. The average Bonchev–Trinajstić information content (AvgIpc) is 3.00. The molecular formula is C16H22N4O2S2. The maximum absolute atomic E-state index is 11.8. The van der Waals surface area contributed by atoms with Crippen molar-refractivity contribution in [3.8, 4) is 5.75 Å². The highest BCUT2D eigenvalue weighted by Gasteiger charge is 2.08. The van der Waals surface area contributed by atoms with E-state index in [-0.39, 0.29) is 5.91 Å². The molecule has 0 atom stereocenters. The molecule has 0 saturated heterocycles. The number of carbonyl (C=O) groups excluding carboxylic acids is 1. The Morgan fingerprint density at radius 1 is 1.38 bits per heavy atom. The van der Waals surface area contributed by atoms with Gasteiger partial charge in [-0.25, -0.2) is 0 Å². The van der Waals surface area contributed by atoms with E-state index >= 15 is 0 Å². The molecule has 24 heavy (non-hydrogen) atoms. The van der Waals surface area contributed by atoms with Crippen molar-refractivity contribution in [3.05, 3.63) is 24.3 Å². The predicted octanol–water partition coefficient (Wildman–Crippen LogP) is 3.54. The van der Waals surface area contributed by atoms with E-state index < -0.39 is 0 Å². The smallest absolute Gasteiger partial charge is 0.230 e. The summed E-state index contributed by atoms with van der Waals surface area (Å²) in [5, 5.41) is 15.0. The molecule has 0 aliphatic rings. The van der Waals surface area contributed by atoms with E-state index in [1.807, 2.05) is 24.3 Å². The van der Waals surface area contributed by atoms with Crippen LogP contribution in [0.25, 0.3) is 0 Å². The molecule has 0 aliphatic carbocycles. The fourth-order valence-electron chi connectivity index (χ4n) is 1.82. The van der Waals surface area contributed by atoms with Crippen molar-refractivity contribution in [2.75, 3.05) is 24.7 Å². The number of rotatable bonds is 9. The zero-order valence-electron chi connectivity index (χ0n) is 14.0. The van der Waals surface area contributed by atoms with Gasteiger partial charge in [0.1, 0.15) is 5.75 Å². The Bertz CT molecular complexity index is 661. The Morgan fingerprint density at radius 3 is 2.96 bits per heavy atom. The minimum Gasteiger partial charge on any atom is -0.497 e. The summed E-state index contributed by atoms with van der Waals surface area (Å²) in [5.74, 6) is 1.74. The van der Waals surface area contributed by atoms with Crippen molar-refractivity contribution in [2.45, 2.75) is 24.6 Å². The molecule has 0 radical (unpaired) electrons. The SMILES string of the molecule is COc1cccc(Nc2nnc(SCC(=O)NCCC(C)C)s2)c1. The van der Waals surface area contributed by atoms with Gasteiger partial charge in [-0.1, -0.05) is 43.0 Å². The molecule has 2 aromatic rings. The molecular weight excluding hydrogens is 344 g/mol. The third-order valence-electron chi connectivity index (χ3n) is 3.10. The Kier molecular flexibility index (Phi) is 7.33. The summed E-state index contributed by atoms with van der Waals surface area (Å²) < 4.78 is 5.95. The van der Waals surface area contributed by atoms with Gasteiger partial charge in [-0.2, -0.15) is 0 Å². The van der Waals surface area contributed by atoms with Crippen molar-refractivity contribution in [3.63, 3.8) is 0 Å². The molecule has 1 aromatic carbocycles. The first kappa shape index (κ1) is 18.5. The fourth-order valence-corrected chi connectivity index (χ4v) is 3.42. The number of amides is 1. The summed E-state index contributed by atoms with van der Waals surface area (Å²) in [6.45, 7) is 4.99. The molecule has 0 fully saturated rings. The first-order valence-electron chi connectivity index (χ1n) is 7.71. The van der Waals surface area contributed by atoms with Crippen molar-refractivity contribution >= 4 is 39.8 Å². The third kappa shape index (κ3) is 6.37. The summed E-state index contributed by atoms with van der Waals surface area (Å²) >= 11 is 2.82. The van der Waals surface area contributed by atoms with Crippen LogP contribution >= 0.6 is 23.1 Å². The summed E-state index contributed by atoms with van der Waals surface area (Å²) in [6.07, 6.45) is 0.990. The number of hydrogen-bond donors (Lipinski definition) is 2. The number of hydrogen-bond acceptors (Lipinski definition) is 7. The monoisotopic (exact) mass is 366 g/mol. The van der Waals surface area contributed by atoms with Gasteiger partial charge in [0.25, 0.3) is 0 Å². The highest BCUT2D eigenvalue weighted by molar-refractivity contribution is 8.01. The molecule has 8 heteroatoms. The van der Waals surface area contributed by atoms with Gasteiger partial charge in [0.2, 0.25) is 11.0 Å². The standard InChI is InChI=1S/C16H22N4O2S2/c1-11(2)7-8-17-14(21)10-23-16-20-19-15(24-16)18-12-5-4-6-13(9-12)22-3/h4-6,9,11H,7-8,10H2,1-3H3,(H,17,21)(H,18,19). The van der Waals surface area contributed by atoms with Crippen LogP contribution in [0.15, 0.2) is 28.6 Å². The lowest BCUT2D eigenvalue weighted by Gasteiger charge is -2.06. The van der Waals surface area contributed by atoms with Gasteiger partial charge in [0.05, 0.1) is 12.9 Å². The van der Waals surface area contributed by atoms with Crippen LogP contribution in [0.4, 0.5) is 10.8 Å². The van der Waals surface area contributed by atoms with Gasteiger partial charge in [-0.3, -0.25) is 4.79 Å². The molecule has 1 aromatic heterocycles. The van der Waals surface area contributed by atoms with Crippen LogP contribution < -0.4 is 15.4 Å². The summed E-state index contributed by atoms with van der Waals surface area (Å²) in [7, 11) is 1.63. The number of nitrogens with one attached hydrogen (secondary N) is 2. The normalized spacial score (nSPS) is 10.7. The zero-order valence-corrected chi connectivity index (χ0v) is 15.7. The first-order chi connectivity index (χ1) is 11.6. The second-order valence-corrected chi connectivity index (χ2v) is 7.75. The number of ether oxygens (including phenoxy) is 1. The van der Waals surface area contributed by atoms with Crippen LogP contribution in [0.3, 0.4) is 0 Å². The largest absolute Gasteiger partial charge is 0.497 e. The van der Waals surface area contributed by atoms with E-state index in [2.05, 4.69) is 34.7 Å². The number of thioether (sulfide) groups is 1. The predicted molar refractivity (Wildman–Crippen MR) is 99.4 cm³/mol. The van der Waals surface area contributed by atoms with E-state index in [9.17, 15) is 4.79 Å². The van der Waals surface area contributed by atoms with Gasteiger partial charge < -0.3 is 15.4 Å². The minimum atomic E-state index is 0.0261. The Morgan fingerprint density at radius 2 is 2.21 bits per heavy atom. The van der Waals surface area contributed by atoms with Crippen molar-refractivity contribution in [1.29, 1.82) is 0 Å². The van der Waals surface area contributed by atoms with Crippen LogP contribution in [0.5, 0.6) is 5.75 Å². The molecule has 6 nitrogen and oxygen atoms in total. The van der Waals surface area contributed by atoms with Crippen molar-refractivity contribution in [1.82, 2.24) is 15.5 Å². The topological polar surface area (TPSA) is 76.1 Å². The molecule has 0 saturated carbocycles. The molecule has 1 heterocycles. The molecule has 0 bridgehead atoms. The quantitative estimate of drug-likeness (QED) is 0.661. The lowest BCUT2D eigenvalue weighted by Crippen LogP contribution is -2.26. The number of carbonyl (C=O) groups is 1. The Balaban J connectivity index is 1.79. The van der Waals surface area contributed by atoms with E-state index in [0.717, 1.165) is 28.7 Å². The highest BCUT2D eigenvalue weighted by atomic mass is 32.2. The number of benzene rings is 1. The lowest BCUT2D eigenvalue weighted by molar-refractivity contribution is -0.118. The second-order valence-electron chi connectivity index (χ2n) is 5.55. The molecule has 0 unspecified atom stereocenters.